The number of halogens is 2. The van der Waals surface area contributed by atoms with Gasteiger partial charge in [0.2, 0.25) is 5.95 Å². The molecule has 12 heteroatoms. The van der Waals surface area contributed by atoms with Crippen molar-refractivity contribution in [3.05, 3.63) is 52.5 Å². The average molecular weight is 543 g/mol. The molecule has 0 bridgehead atoms. The van der Waals surface area contributed by atoms with Gasteiger partial charge in [-0.1, -0.05) is 23.2 Å². The van der Waals surface area contributed by atoms with Gasteiger partial charge >= 0.3 is 6.09 Å². The number of amides is 1. The number of aromatic amines is 1. The van der Waals surface area contributed by atoms with E-state index in [1.165, 1.54) is 39.5 Å². The number of H-pyrrole nitrogens is 1. The predicted molar refractivity (Wildman–Crippen MR) is 141 cm³/mol. The van der Waals surface area contributed by atoms with Gasteiger partial charge in [0.1, 0.15) is 22.5 Å². The van der Waals surface area contributed by atoms with Crippen LogP contribution in [-0.4, -0.2) is 58.2 Å². The number of nitrogens with one attached hydrogen (secondary N) is 2. The van der Waals surface area contributed by atoms with Crippen molar-refractivity contribution >= 4 is 46.3 Å². The molecule has 5 rings (SSSR count). The summed E-state index contributed by atoms with van der Waals surface area (Å²) in [5.74, 6) is 1.28. The van der Waals surface area contributed by atoms with Crippen LogP contribution in [0.3, 0.4) is 0 Å². The fraction of sp³-hybridized carbons (Fsp3) is 0.280. The number of methoxy groups -OCH3 is 2. The van der Waals surface area contributed by atoms with E-state index in [-0.39, 0.29) is 15.8 Å². The lowest BCUT2D eigenvalue weighted by Crippen LogP contribution is -2.19. The average Bonchev–Trinajstić information content (AvgIpc) is 3.58. The highest BCUT2D eigenvalue weighted by Gasteiger charge is 2.23. The highest BCUT2D eigenvalue weighted by Crippen LogP contribution is 2.47. The Morgan fingerprint density at radius 3 is 2.38 bits per heavy atom. The first-order valence-electron chi connectivity index (χ1n) is 11.6. The van der Waals surface area contributed by atoms with Crippen LogP contribution >= 0.6 is 23.2 Å². The van der Waals surface area contributed by atoms with Gasteiger partial charge in [-0.3, -0.25) is 15.2 Å². The number of carbonyl (C=O) groups excluding carboxylic acids is 1. The molecule has 0 aliphatic carbocycles. The van der Waals surface area contributed by atoms with Crippen LogP contribution in [-0.2, 0) is 6.54 Å². The first-order valence-corrected chi connectivity index (χ1v) is 12.3. The van der Waals surface area contributed by atoms with Crippen LogP contribution in [0.25, 0.3) is 22.2 Å². The summed E-state index contributed by atoms with van der Waals surface area (Å²) >= 11 is 13.3. The second kappa shape index (κ2) is 10.8. The van der Waals surface area contributed by atoms with Crippen molar-refractivity contribution in [3.63, 3.8) is 0 Å². The number of likely N-dealkylation sites (tertiary alicyclic amines) is 1. The molecular weight excluding hydrogens is 519 g/mol. The second-order valence-electron chi connectivity index (χ2n) is 8.39. The topological polar surface area (TPSA) is 114 Å². The Labute approximate surface area is 222 Å². The molecule has 1 saturated heterocycles. The molecule has 0 atom stereocenters. The Kier molecular flexibility index (Phi) is 7.31. The number of rotatable bonds is 7. The molecular formula is C25H24Cl2N6O4. The maximum Gasteiger partial charge on any atom is 0.419 e. The lowest BCUT2D eigenvalue weighted by Gasteiger charge is -2.16. The van der Waals surface area contributed by atoms with Gasteiger partial charge in [0.15, 0.2) is 5.75 Å². The minimum Gasteiger partial charge on any atom is -0.495 e. The Morgan fingerprint density at radius 1 is 1.03 bits per heavy atom. The first kappa shape index (κ1) is 25.1. The van der Waals surface area contributed by atoms with Crippen molar-refractivity contribution < 1.29 is 19.0 Å². The Bertz CT molecular complexity index is 1430. The molecule has 1 amide bonds. The fourth-order valence-corrected chi connectivity index (χ4v) is 5.04. The maximum atomic E-state index is 12.7. The third-order valence-electron chi connectivity index (χ3n) is 6.07. The van der Waals surface area contributed by atoms with Crippen LogP contribution in [0.2, 0.25) is 10.0 Å². The molecule has 0 radical (unpaired) electrons. The summed E-state index contributed by atoms with van der Waals surface area (Å²) in [5.41, 5.74) is 2.65. The van der Waals surface area contributed by atoms with E-state index in [0.717, 1.165) is 25.3 Å². The molecule has 3 heterocycles. The molecule has 1 aliphatic rings. The minimum absolute atomic E-state index is 0.204. The van der Waals surface area contributed by atoms with Gasteiger partial charge in [-0.25, -0.2) is 14.8 Å². The van der Waals surface area contributed by atoms with Gasteiger partial charge < -0.3 is 19.2 Å². The number of carbonyl (C=O) groups is 1. The van der Waals surface area contributed by atoms with Crippen molar-refractivity contribution in [2.45, 2.75) is 19.4 Å². The fourth-order valence-electron chi connectivity index (χ4n) is 4.34. The molecule has 2 aromatic heterocycles. The van der Waals surface area contributed by atoms with Crippen molar-refractivity contribution in [3.8, 4) is 28.4 Å². The van der Waals surface area contributed by atoms with Gasteiger partial charge in [0.05, 0.1) is 30.0 Å². The zero-order chi connectivity index (χ0) is 25.9. The summed E-state index contributed by atoms with van der Waals surface area (Å²) in [6.45, 7) is 2.84. The number of ether oxygens (including phenoxy) is 3. The van der Waals surface area contributed by atoms with Crippen LogP contribution in [0.15, 0.2) is 36.8 Å². The maximum absolute atomic E-state index is 12.7. The summed E-state index contributed by atoms with van der Waals surface area (Å²) in [4.78, 5) is 31.3. The van der Waals surface area contributed by atoms with E-state index < -0.39 is 6.09 Å². The summed E-state index contributed by atoms with van der Waals surface area (Å²) in [6, 6.07) is 4.91. The lowest BCUT2D eigenvalue weighted by atomic mass is 10.0. The van der Waals surface area contributed by atoms with E-state index in [0.29, 0.717) is 39.6 Å². The zero-order valence-electron chi connectivity index (χ0n) is 20.2. The molecule has 2 N–H and O–H groups in total. The predicted octanol–water partition coefficient (Wildman–Crippen LogP) is 5.55. The van der Waals surface area contributed by atoms with Gasteiger partial charge in [-0.05, 0) is 38.1 Å². The van der Waals surface area contributed by atoms with Crippen LogP contribution in [0.5, 0.6) is 17.2 Å². The molecule has 37 heavy (non-hydrogen) atoms. The first-order chi connectivity index (χ1) is 18.0. The molecule has 1 fully saturated rings. The van der Waals surface area contributed by atoms with Crippen molar-refractivity contribution in [2.75, 3.05) is 32.6 Å². The number of fused-ring (bicyclic) bond motifs is 1. The Balaban J connectivity index is 1.42. The second-order valence-corrected chi connectivity index (χ2v) is 9.14. The third-order valence-corrected chi connectivity index (χ3v) is 6.82. The molecule has 0 saturated carbocycles. The van der Waals surface area contributed by atoms with E-state index in [1.807, 2.05) is 0 Å². The standard InChI is InChI=1S/C25H24Cl2N6O4/c1-35-17-11-18(36-2)21(27)19(20(17)26)15-5-6-16(23-22(15)28-7-8-29-23)37-25(34)32-24-30-12-14(31-24)13-33-9-3-4-10-33/h5-8,11-12H,3-4,9-10,13H2,1-2H3,(H2,30,31,32,34). The van der Waals surface area contributed by atoms with Crippen LogP contribution in [0, 0.1) is 0 Å². The van der Waals surface area contributed by atoms with E-state index >= 15 is 0 Å². The molecule has 192 valence electrons. The van der Waals surface area contributed by atoms with Gasteiger partial charge in [-0.15, -0.1) is 0 Å². The van der Waals surface area contributed by atoms with E-state index in [9.17, 15) is 4.79 Å². The zero-order valence-corrected chi connectivity index (χ0v) is 21.7. The summed E-state index contributed by atoms with van der Waals surface area (Å²) in [7, 11) is 3.00. The van der Waals surface area contributed by atoms with Crippen molar-refractivity contribution in [2.24, 2.45) is 0 Å². The monoisotopic (exact) mass is 542 g/mol. The summed E-state index contributed by atoms with van der Waals surface area (Å²) < 4.78 is 16.4. The van der Waals surface area contributed by atoms with Crippen molar-refractivity contribution in [1.82, 2.24) is 24.8 Å². The number of hydrogen-bond acceptors (Lipinski definition) is 8. The lowest BCUT2D eigenvalue weighted by molar-refractivity contribution is 0.215. The number of imidazole rings is 1. The van der Waals surface area contributed by atoms with E-state index in [1.54, 1.807) is 24.4 Å². The molecule has 10 nitrogen and oxygen atoms in total. The molecule has 1 aliphatic heterocycles. The van der Waals surface area contributed by atoms with Gasteiger partial charge in [-0.2, -0.15) is 0 Å². The van der Waals surface area contributed by atoms with Crippen molar-refractivity contribution in [1.29, 1.82) is 0 Å². The van der Waals surface area contributed by atoms with E-state index in [4.69, 9.17) is 37.4 Å². The molecule has 2 aromatic carbocycles. The number of anilines is 1. The van der Waals surface area contributed by atoms with E-state index in [2.05, 4.69) is 30.2 Å². The van der Waals surface area contributed by atoms with Crippen LogP contribution < -0.4 is 19.5 Å². The SMILES string of the molecule is COc1cc(OC)c(Cl)c(-c2ccc(OC(=O)Nc3nc(CN4CCCC4)c[nH]3)c3nccnc23)c1Cl. The third kappa shape index (κ3) is 5.13. The highest BCUT2D eigenvalue weighted by atomic mass is 35.5. The number of hydrogen-bond donors (Lipinski definition) is 2. The van der Waals surface area contributed by atoms with Crippen LogP contribution in [0.4, 0.5) is 10.7 Å². The number of nitrogens with zero attached hydrogens (tertiary/aromatic N) is 4. The largest absolute Gasteiger partial charge is 0.495 e. The van der Waals surface area contributed by atoms with Gasteiger partial charge in [0.25, 0.3) is 0 Å². The highest BCUT2D eigenvalue weighted by molar-refractivity contribution is 6.41. The Morgan fingerprint density at radius 2 is 1.70 bits per heavy atom. The van der Waals surface area contributed by atoms with Gasteiger partial charge in [0, 0.05) is 42.3 Å². The number of aromatic nitrogens is 4. The summed E-state index contributed by atoms with van der Waals surface area (Å²) in [6.07, 6.45) is 6.48. The number of benzene rings is 2. The minimum atomic E-state index is -0.721. The molecule has 0 spiro atoms. The summed E-state index contributed by atoms with van der Waals surface area (Å²) in [5, 5.41) is 3.20. The van der Waals surface area contributed by atoms with Crippen LogP contribution in [0.1, 0.15) is 18.5 Å². The molecule has 4 aromatic rings. The molecule has 0 unspecified atom stereocenters. The Hall–Kier alpha value is -3.60. The smallest absolute Gasteiger partial charge is 0.419 e. The normalized spacial score (nSPS) is 13.6. The quantitative estimate of drug-likeness (QED) is 0.312.